The lowest BCUT2D eigenvalue weighted by Gasteiger charge is -2.09. The molecule has 9 heterocycles. The largest absolute Gasteiger partial charge is 0.304 e. The molecule has 0 amide bonds. The molecular weight excluding hydrogens is 1210 g/mol. The zero-order chi connectivity index (χ0) is 67.9. The summed E-state index contributed by atoms with van der Waals surface area (Å²) < 4.78 is 6.36. The molecule has 18 rings (SSSR count). The maximum atomic E-state index is 4.65. The lowest BCUT2D eigenvalue weighted by molar-refractivity contribution is 1.10. The van der Waals surface area contributed by atoms with Crippen LogP contribution in [0.1, 0.15) is 34.2 Å². The fraction of sp³-hybridized carbons (Fsp3) is 0.0674. The predicted octanol–water partition coefficient (Wildman–Crippen LogP) is 22.0. The van der Waals surface area contributed by atoms with Gasteiger partial charge in [-0.1, -0.05) is 267 Å². The van der Waals surface area contributed by atoms with Crippen molar-refractivity contribution in [3.8, 4) is 67.4 Å². The van der Waals surface area contributed by atoms with Gasteiger partial charge >= 0.3 is 0 Å². The Morgan fingerprint density at radius 3 is 1.13 bits per heavy atom. The zero-order valence-electron chi connectivity index (χ0n) is 56.3. The molecule has 480 valence electrons. The minimum absolute atomic E-state index is 0.808. The normalized spacial score (nSPS) is 10.7. The Kier molecular flexibility index (Phi) is 20.1. The van der Waals surface area contributed by atoms with Gasteiger partial charge in [-0.3, -0.25) is 14.4 Å². The summed E-state index contributed by atoms with van der Waals surface area (Å²) >= 11 is 0. The molecular formula is C89H74N10. The van der Waals surface area contributed by atoms with Gasteiger partial charge in [-0.2, -0.15) is 0 Å². The van der Waals surface area contributed by atoms with Gasteiger partial charge < -0.3 is 8.80 Å². The first-order valence-corrected chi connectivity index (χ1v) is 33.2. The molecule has 0 spiro atoms. The van der Waals surface area contributed by atoms with Crippen molar-refractivity contribution in [3.63, 3.8) is 0 Å². The molecule has 18 aromatic rings. The molecule has 0 unspecified atom stereocenters. The van der Waals surface area contributed by atoms with Gasteiger partial charge in [-0.25, -0.2) is 24.9 Å². The van der Waals surface area contributed by atoms with Gasteiger partial charge in [-0.05, 0) is 106 Å². The van der Waals surface area contributed by atoms with Crippen molar-refractivity contribution in [2.75, 3.05) is 0 Å². The van der Waals surface area contributed by atoms with Crippen LogP contribution in [0.25, 0.3) is 117 Å². The van der Waals surface area contributed by atoms with Gasteiger partial charge in [0.05, 0.1) is 39.7 Å². The van der Waals surface area contributed by atoms with Crippen molar-refractivity contribution in [1.29, 1.82) is 0 Å². The minimum atomic E-state index is 0.808. The maximum Gasteiger partial charge on any atom is 0.137 e. The van der Waals surface area contributed by atoms with Crippen LogP contribution in [0.3, 0.4) is 0 Å². The summed E-state index contributed by atoms with van der Waals surface area (Å²) in [6.45, 7) is 12.4. The molecule has 0 aliphatic heterocycles. The number of imidazole rings is 3. The molecule has 0 saturated carbocycles. The van der Waals surface area contributed by atoms with Crippen molar-refractivity contribution in [3.05, 3.63) is 375 Å². The topological polar surface area (TPSA) is 103 Å². The van der Waals surface area contributed by atoms with Crippen LogP contribution in [-0.4, -0.2) is 48.1 Å². The third-order valence-corrected chi connectivity index (χ3v) is 17.3. The Balaban J connectivity index is 0.000000107. The molecule has 10 heteroatoms. The molecule has 0 fully saturated rings. The molecule has 9 aromatic heterocycles. The van der Waals surface area contributed by atoms with Crippen LogP contribution in [-0.2, 0) is 0 Å². The highest BCUT2D eigenvalue weighted by molar-refractivity contribution is 5.97. The first-order valence-electron chi connectivity index (χ1n) is 33.2. The number of hydrogen-bond donors (Lipinski definition) is 0. The number of benzene rings is 9. The number of para-hydroxylation sites is 1. The number of pyridine rings is 5. The third kappa shape index (κ3) is 14.9. The van der Waals surface area contributed by atoms with E-state index in [-0.39, 0.29) is 0 Å². The van der Waals surface area contributed by atoms with Gasteiger partial charge in [0.1, 0.15) is 22.8 Å². The molecule has 0 atom stereocenters. The smallest absolute Gasteiger partial charge is 0.137 e. The van der Waals surface area contributed by atoms with Crippen LogP contribution in [0, 0.1) is 41.5 Å². The average Bonchev–Trinajstić information content (AvgIpc) is 1.44. The van der Waals surface area contributed by atoms with Crippen molar-refractivity contribution < 1.29 is 0 Å². The second kappa shape index (κ2) is 30.7. The van der Waals surface area contributed by atoms with E-state index in [1.165, 1.54) is 77.6 Å². The lowest BCUT2D eigenvalue weighted by atomic mass is 9.98. The number of hydrogen-bond acceptors (Lipinski definition) is 7. The van der Waals surface area contributed by atoms with E-state index in [9.17, 15) is 0 Å². The quantitative estimate of drug-likeness (QED) is 0.163. The summed E-state index contributed by atoms with van der Waals surface area (Å²) in [5.74, 6) is 0.808. The van der Waals surface area contributed by atoms with Gasteiger partial charge in [-0.15, -0.1) is 0 Å². The summed E-state index contributed by atoms with van der Waals surface area (Å²) in [4.78, 5) is 31.9. The summed E-state index contributed by atoms with van der Waals surface area (Å²) in [5.41, 5.74) is 23.5. The van der Waals surface area contributed by atoms with Crippen LogP contribution in [0.2, 0.25) is 0 Å². The monoisotopic (exact) mass is 1280 g/mol. The molecule has 0 N–H and O–H groups in total. The second-order valence-corrected chi connectivity index (χ2v) is 23.9. The van der Waals surface area contributed by atoms with E-state index in [0.29, 0.717) is 0 Å². The van der Waals surface area contributed by atoms with E-state index in [2.05, 4.69) is 228 Å². The van der Waals surface area contributed by atoms with Crippen molar-refractivity contribution in [2.45, 2.75) is 41.5 Å². The minimum Gasteiger partial charge on any atom is -0.304 e. The molecule has 0 bridgehead atoms. The summed E-state index contributed by atoms with van der Waals surface area (Å²) in [7, 11) is 0. The molecule has 0 radical (unpaired) electrons. The number of aromatic nitrogens is 10. The van der Waals surface area contributed by atoms with E-state index in [4.69, 9.17) is 0 Å². The van der Waals surface area contributed by atoms with Gasteiger partial charge in [0, 0.05) is 97.6 Å². The van der Waals surface area contributed by atoms with Gasteiger partial charge in [0.25, 0.3) is 0 Å². The predicted molar refractivity (Wildman–Crippen MR) is 410 cm³/mol. The van der Waals surface area contributed by atoms with E-state index >= 15 is 0 Å². The number of nitrogens with zero attached hydrogens (tertiary/aromatic N) is 10. The molecule has 0 saturated heterocycles. The Labute approximate surface area is 577 Å². The highest BCUT2D eigenvalue weighted by Crippen LogP contribution is 2.32. The van der Waals surface area contributed by atoms with Crippen LogP contribution in [0.4, 0.5) is 0 Å². The third-order valence-electron chi connectivity index (χ3n) is 17.3. The van der Waals surface area contributed by atoms with Crippen molar-refractivity contribution in [1.82, 2.24) is 48.1 Å². The molecule has 9 aromatic carbocycles. The van der Waals surface area contributed by atoms with Crippen LogP contribution in [0.15, 0.2) is 340 Å². The van der Waals surface area contributed by atoms with Gasteiger partial charge in [0.15, 0.2) is 0 Å². The molecule has 0 aliphatic rings. The number of fused-ring (bicyclic) bond motifs is 6. The first-order chi connectivity index (χ1) is 48.6. The fourth-order valence-electron chi connectivity index (χ4n) is 12.5. The van der Waals surface area contributed by atoms with Crippen molar-refractivity contribution >= 4 is 49.4 Å². The SMILES string of the molecule is Cc1c(-c2ccccc2)nc2ccccn12.Cc1c(-c2ccccc2)nc2ccccn12.Cc1c(-c2ccccc2)ncc2ccccc12.Cc1nc(-c2ccccc2)c2ccccc2n1.Cc1nc2ccccn2c1-c1ccccc1.Cc1ncc2ccccc2c1-c1ccccc1. The molecule has 99 heavy (non-hydrogen) atoms. The first kappa shape index (κ1) is 64.9. The van der Waals surface area contributed by atoms with Crippen LogP contribution < -0.4 is 0 Å². The Bertz CT molecular complexity index is 5550. The Morgan fingerprint density at radius 2 is 0.626 bits per heavy atom. The highest BCUT2D eigenvalue weighted by atomic mass is 15.0. The summed E-state index contributed by atoms with van der Waals surface area (Å²) in [5, 5.41) is 6.04. The average molecular weight is 1280 g/mol. The zero-order valence-corrected chi connectivity index (χ0v) is 56.3. The van der Waals surface area contributed by atoms with Crippen LogP contribution in [0.5, 0.6) is 0 Å². The number of aryl methyl sites for hydroxylation is 6. The van der Waals surface area contributed by atoms with Crippen molar-refractivity contribution in [2.24, 2.45) is 0 Å². The summed E-state index contributed by atoms with van der Waals surface area (Å²) in [6.07, 6.45) is 10.0. The molecule has 0 aliphatic carbocycles. The second-order valence-electron chi connectivity index (χ2n) is 23.9. The Hall–Kier alpha value is -12.8. The van der Waals surface area contributed by atoms with Crippen LogP contribution >= 0.6 is 0 Å². The number of rotatable bonds is 6. The fourth-order valence-corrected chi connectivity index (χ4v) is 12.5. The maximum absolute atomic E-state index is 4.65. The highest BCUT2D eigenvalue weighted by Gasteiger charge is 2.14. The van der Waals surface area contributed by atoms with E-state index in [0.717, 1.165) is 73.4 Å². The van der Waals surface area contributed by atoms with E-state index in [1.807, 2.05) is 202 Å². The Morgan fingerprint density at radius 1 is 0.253 bits per heavy atom. The summed E-state index contributed by atoms with van der Waals surface area (Å²) in [6, 6.07) is 105. The van der Waals surface area contributed by atoms with Gasteiger partial charge in [0.2, 0.25) is 0 Å². The molecule has 10 nitrogen and oxygen atoms in total. The lowest BCUT2D eigenvalue weighted by Crippen LogP contribution is -1.93. The van der Waals surface area contributed by atoms with E-state index < -0.39 is 0 Å². The van der Waals surface area contributed by atoms with E-state index in [1.54, 1.807) is 0 Å². The standard InChI is InChI=1S/2C16H13N.C15H12N2.3C14H12N2/c1-12-16(13-7-3-2-4-8-13)15-10-6-5-9-14(15)11-17-12;1-12-15-10-6-5-9-14(15)11-17-16(12)13-7-3-2-4-8-13;1-11-16-14-10-6-5-9-13(14)15(17-11)12-7-3-2-4-8-12;2*1-11-14(12-7-3-2-4-8-12)15-13-9-5-6-10-16(11)13;1-11-14(12-7-3-2-4-8-12)16-10-6-5-9-13(16)15-11/h2*2-11H,1H3;2-10H,1H3;3*2-10H,1H3.